The highest BCUT2D eigenvalue weighted by molar-refractivity contribution is 7.89. The fourth-order valence-corrected chi connectivity index (χ4v) is 4.29. The number of primary sulfonamides is 1. The molecule has 4 rings (SSSR count). The van der Waals surface area contributed by atoms with E-state index in [1.165, 1.54) is 48.5 Å². The van der Waals surface area contributed by atoms with Gasteiger partial charge in [0.15, 0.2) is 0 Å². The van der Waals surface area contributed by atoms with Crippen LogP contribution in [-0.4, -0.2) is 30.1 Å². The number of anilines is 1. The Morgan fingerprint density at radius 2 is 1.62 bits per heavy atom. The molecule has 10 nitrogen and oxygen atoms in total. The minimum absolute atomic E-state index is 0.137. The van der Waals surface area contributed by atoms with E-state index in [1.54, 1.807) is 30.3 Å². The third-order valence-corrected chi connectivity index (χ3v) is 6.26. The molecule has 3 aromatic carbocycles. The van der Waals surface area contributed by atoms with Gasteiger partial charge in [-0.1, -0.05) is 42.5 Å². The summed E-state index contributed by atoms with van der Waals surface area (Å²) >= 11 is 0. The van der Waals surface area contributed by atoms with E-state index in [4.69, 9.17) is 5.14 Å². The molecule has 1 heterocycles. The van der Waals surface area contributed by atoms with Crippen LogP contribution in [0.2, 0.25) is 0 Å². The average Bonchev–Trinajstić information content (AvgIpc) is 3.09. The van der Waals surface area contributed by atoms with Gasteiger partial charge in [-0.3, -0.25) is 24.6 Å². The van der Waals surface area contributed by atoms with Crippen molar-refractivity contribution in [2.45, 2.75) is 10.9 Å². The van der Waals surface area contributed by atoms with Crippen molar-refractivity contribution in [1.29, 1.82) is 0 Å². The van der Waals surface area contributed by atoms with Gasteiger partial charge >= 0.3 is 0 Å². The number of carbonyl (C=O) groups excluding carboxylic acids is 2. The van der Waals surface area contributed by atoms with Crippen LogP contribution in [0.15, 0.2) is 89.3 Å². The number of non-ortho nitro benzene ring substituents is 1. The van der Waals surface area contributed by atoms with Gasteiger partial charge in [0.2, 0.25) is 10.0 Å². The van der Waals surface area contributed by atoms with Gasteiger partial charge in [0, 0.05) is 23.4 Å². The summed E-state index contributed by atoms with van der Waals surface area (Å²) in [4.78, 5) is 37.7. The Balaban J connectivity index is 1.95. The number of rotatable bonds is 5. The molecule has 1 amide bonds. The number of aliphatic hydroxyl groups excluding tert-OH is 1. The van der Waals surface area contributed by atoms with Gasteiger partial charge < -0.3 is 5.11 Å². The van der Waals surface area contributed by atoms with Crippen LogP contribution in [0.3, 0.4) is 0 Å². The van der Waals surface area contributed by atoms with Crippen LogP contribution in [0.25, 0.3) is 5.76 Å². The molecular formula is C23H17N3O7S. The third-order valence-electron chi connectivity index (χ3n) is 5.33. The number of sulfonamides is 1. The van der Waals surface area contributed by atoms with Gasteiger partial charge in [0.25, 0.3) is 17.4 Å². The molecular weight excluding hydrogens is 462 g/mol. The minimum Gasteiger partial charge on any atom is -0.507 e. The summed E-state index contributed by atoms with van der Waals surface area (Å²) < 4.78 is 23.2. The molecule has 1 fully saturated rings. The van der Waals surface area contributed by atoms with Crippen molar-refractivity contribution in [1.82, 2.24) is 0 Å². The standard InChI is InChI=1S/C23H17N3O7S/c24-34(32,33)18-11-9-16(10-12-18)25-20(15-7-4-8-17(13-15)26(30)31)19(22(28)23(25)29)21(27)14-5-2-1-3-6-14/h1-13,20,27H,(H2,24,32,33)/b21-19-/t20-/m1/s1. The first-order valence-corrected chi connectivity index (χ1v) is 11.4. The average molecular weight is 479 g/mol. The van der Waals surface area contributed by atoms with Crippen molar-refractivity contribution < 1.29 is 28.0 Å². The molecule has 0 bridgehead atoms. The van der Waals surface area contributed by atoms with E-state index >= 15 is 0 Å². The van der Waals surface area contributed by atoms with Crippen molar-refractivity contribution in [3.8, 4) is 0 Å². The highest BCUT2D eigenvalue weighted by atomic mass is 32.2. The van der Waals surface area contributed by atoms with Crippen molar-refractivity contribution in [2.75, 3.05) is 4.90 Å². The number of carbonyl (C=O) groups is 2. The zero-order valence-electron chi connectivity index (χ0n) is 17.4. The Morgan fingerprint density at radius 1 is 0.971 bits per heavy atom. The Morgan fingerprint density at radius 3 is 2.21 bits per heavy atom. The summed E-state index contributed by atoms with van der Waals surface area (Å²) in [5.74, 6) is -2.43. The van der Waals surface area contributed by atoms with E-state index in [2.05, 4.69) is 0 Å². The van der Waals surface area contributed by atoms with Crippen molar-refractivity contribution in [3.63, 3.8) is 0 Å². The number of nitrogens with zero attached hydrogens (tertiary/aromatic N) is 2. The second-order valence-corrected chi connectivity index (χ2v) is 8.99. The maximum absolute atomic E-state index is 13.1. The number of nitro groups is 1. The smallest absolute Gasteiger partial charge is 0.300 e. The first kappa shape index (κ1) is 22.8. The van der Waals surface area contributed by atoms with Crippen LogP contribution >= 0.6 is 0 Å². The summed E-state index contributed by atoms with van der Waals surface area (Å²) in [6.45, 7) is 0. The molecule has 3 aromatic rings. The van der Waals surface area contributed by atoms with Gasteiger partial charge in [-0.2, -0.15) is 0 Å². The molecule has 0 unspecified atom stereocenters. The Hall–Kier alpha value is -4.35. The van der Waals surface area contributed by atoms with Crippen molar-refractivity contribution in [2.24, 2.45) is 5.14 Å². The Kier molecular flexibility index (Phi) is 5.73. The molecule has 0 aliphatic carbocycles. The van der Waals surface area contributed by atoms with Crippen LogP contribution in [-0.2, 0) is 19.6 Å². The predicted octanol–water partition coefficient (Wildman–Crippen LogP) is 2.87. The zero-order chi connectivity index (χ0) is 24.6. The molecule has 172 valence electrons. The van der Waals surface area contributed by atoms with Crippen molar-refractivity contribution >= 4 is 38.8 Å². The minimum atomic E-state index is -4.00. The number of nitro benzene ring substituents is 1. The lowest BCUT2D eigenvalue weighted by molar-refractivity contribution is -0.384. The van der Waals surface area contributed by atoms with Gasteiger partial charge in [-0.25, -0.2) is 13.6 Å². The number of Topliss-reactive ketones (excluding diaryl/α,β-unsaturated/α-hetero) is 1. The molecule has 0 saturated carbocycles. The van der Waals surface area contributed by atoms with E-state index in [-0.39, 0.29) is 33.0 Å². The molecule has 0 spiro atoms. The van der Waals surface area contributed by atoms with E-state index in [9.17, 15) is 33.2 Å². The molecule has 1 saturated heterocycles. The van der Waals surface area contributed by atoms with E-state index in [0.29, 0.717) is 0 Å². The van der Waals surface area contributed by atoms with Crippen molar-refractivity contribution in [3.05, 3.63) is 106 Å². The molecule has 1 atom stereocenters. The van der Waals surface area contributed by atoms with Crippen LogP contribution in [0.5, 0.6) is 0 Å². The monoisotopic (exact) mass is 479 g/mol. The number of benzene rings is 3. The lowest BCUT2D eigenvalue weighted by Crippen LogP contribution is -2.29. The largest absolute Gasteiger partial charge is 0.507 e. The summed E-state index contributed by atoms with van der Waals surface area (Å²) in [6.07, 6.45) is 0. The van der Waals surface area contributed by atoms with Gasteiger partial charge in [-0.05, 0) is 29.8 Å². The van der Waals surface area contributed by atoms with Crippen LogP contribution in [0.4, 0.5) is 11.4 Å². The van der Waals surface area contributed by atoms with Crippen LogP contribution < -0.4 is 10.0 Å². The quantitative estimate of drug-likeness (QED) is 0.187. The lowest BCUT2D eigenvalue weighted by atomic mass is 9.95. The number of amides is 1. The number of aliphatic hydroxyl groups is 1. The first-order chi connectivity index (χ1) is 16.1. The SMILES string of the molecule is NS(=O)(=O)c1ccc(N2C(=O)C(=O)/C(=C(\O)c3ccccc3)[C@H]2c2cccc([N+](=O)[O-])c2)cc1. The highest BCUT2D eigenvalue weighted by Crippen LogP contribution is 2.42. The van der Waals surface area contributed by atoms with Gasteiger partial charge in [0.1, 0.15) is 5.76 Å². The third kappa shape index (κ3) is 4.05. The Labute approximate surface area is 193 Å². The topological polar surface area (TPSA) is 161 Å². The molecule has 3 N–H and O–H groups in total. The molecule has 1 aliphatic rings. The van der Waals surface area contributed by atoms with Gasteiger partial charge in [-0.15, -0.1) is 0 Å². The van der Waals surface area contributed by atoms with E-state index in [1.807, 2.05) is 0 Å². The number of hydrogen-bond acceptors (Lipinski definition) is 7. The summed E-state index contributed by atoms with van der Waals surface area (Å²) in [6, 6.07) is 17.2. The van der Waals surface area contributed by atoms with E-state index in [0.717, 1.165) is 4.90 Å². The maximum atomic E-state index is 13.1. The second-order valence-electron chi connectivity index (χ2n) is 7.43. The number of nitrogens with two attached hydrogens (primary N) is 1. The van der Waals surface area contributed by atoms with Gasteiger partial charge in [0.05, 0.1) is 21.4 Å². The second kappa shape index (κ2) is 8.54. The molecule has 0 radical (unpaired) electrons. The number of hydrogen-bond donors (Lipinski definition) is 2. The lowest BCUT2D eigenvalue weighted by Gasteiger charge is -2.25. The fourth-order valence-electron chi connectivity index (χ4n) is 3.77. The van der Waals surface area contributed by atoms with Crippen LogP contribution in [0.1, 0.15) is 17.2 Å². The fraction of sp³-hybridized carbons (Fsp3) is 0.0435. The summed E-state index contributed by atoms with van der Waals surface area (Å²) in [7, 11) is -4.00. The van der Waals surface area contributed by atoms with Crippen LogP contribution in [0, 0.1) is 10.1 Å². The molecule has 0 aromatic heterocycles. The summed E-state index contributed by atoms with van der Waals surface area (Å²) in [5, 5.41) is 27.5. The molecule has 11 heteroatoms. The molecule has 1 aliphatic heterocycles. The maximum Gasteiger partial charge on any atom is 0.300 e. The Bertz CT molecular complexity index is 1450. The molecule has 34 heavy (non-hydrogen) atoms. The first-order valence-electron chi connectivity index (χ1n) is 9.83. The summed E-state index contributed by atoms with van der Waals surface area (Å²) in [5.41, 5.74) is 0.0969. The van der Waals surface area contributed by atoms with E-state index < -0.39 is 38.4 Å². The number of ketones is 1. The predicted molar refractivity (Wildman–Crippen MR) is 122 cm³/mol. The normalized spacial score (nSPS) is 17.7. The zero-order valence-corrected chi connectivity index (χ0v) is 18.2. The highest BCUT2D eigenvalue weighted by Gasteiger charge is 2.47.